The van der Waals surface area contributed by atoms with Gasteiger partial charge in [0.05, 0.1) is 13.7 Å². The summed E-state index contributed by atoms with van der Waals surface area (Å²) in [6, 6.07) is 13.0. The molecule has 1 aliphatic heterocycles. The normalized spacial score (nSPS) is 17.4. The zero-order valence-electron chi connectivity index (χ0n) is 17.9. The Morgan fingerprint density at radius 2 is 1.90 bits per heavy atom. The quantitative estimate of drug-likeness (QED) is 0.571. The molecule has 0 spiro atoms. The third-order valence-corrected chi connectivity index (χ3v) is 5.97. The highest BCUT2D eigenvalue weighted by Crippen LogP contribution is 2.21. The van der Waals surface area contributed by atoms with Crippen molar-refractivity contribution < 1.29 is 4.74 Å². The molecule has 3 aromatic rings. The molecule has 4 rings (SSSR count). The molecule has 0 aliphatic carbocycles. The van der Waals surface area contributed by atoms with Crippen LogP contribution in [0, 0.1) is 0 Å². The Labute approximate surface area is 179 Å². The molecule has 1 fully saturated rings. The number of pyridine rings is 1. The van der Waals surface area contributed by atoms with Gasteiger partial charge < -0.3 is 9.30 Å². The summed E-state index contributed by atoms with van der Waals surface area (Å²) in [5.74, 6) is 1.95. The van der Waals surface area contributed by atoms with Crippen LogP contribution in [0.1, 0.15) is 31.2 Å². The van der Waals surface area contributed by atoms with E-state index in [0.29, 0.717) is 6.04 Å². The van der Waals surface area contributed by atoms with Crippen molar-refractivity contribution in [1.29, 1.82) is 0 Å². The van der Waals surface area contributed by atoms with Crippen molar-refractivity contribution in [3.8, 4) is 11.4 Å². The van der Waals surface area contributed by atoms with Crippen molar-refractivity contribution >= 4 is 0 Å². The van der Waals surface area contributed by atoms with Gasteiger partial charge >= 0.3 is 0 Å². The van der Waals surface area contributed by atoms with Crippen molar-refractivity contribution in [2.24, 2.45) is 0 Å². The maximum Gasteiger partial charge on any atom is 0.127 e. The number of likely N-dealkylation sites (N-methyl/N-ethyl adjacent to an activating group) is 1. The van der Waals surface area contributed by atoms with Gasteiger partial charge in [0.2, 0.25) is 0 Å². The Kier molecular flexibility index (Phi) is 6.77. The molecule has 3 heterocycles. The van der Waals surface area contributed by atoms with Crippen LogP contribution >= 0.6 is 0 Å². The lowest BCUT2D eigenvalue weighted by atomic mass is 10.0. The topological polar surface area (TPSA) is 46.4 Å². The fourth-order valence-electron chi connectivity index (χ4n) is 4.32. The maximum atomic E-state index is 5.28. The highest BCUT2D eigenvalue weighted by molar-refractivity contribution is 5.38. The van der Waals surface area contributed by atoms with Crippen LogP contribution in [0.3, 0.4) is 0 Å². The Morgan fingerprint density at radius 1 is 1.10 bits per heavy atom. The van der Waals surface area contributed by atoms with Gasteiger partial charge in [-0.2, -0.15) is 0 Å². The van der Waals surface area contributed by atoms with Crippen molar-refractivity contribution in [2.75, 3.05) is 26.7 Å². The van der Waals surface area contributed by atoms with Gasteiger partial charge in [-0.1, -0.05) is 6.92 Å². The molecule has 0 bridgehead atoms. The van der Waals surface area contributed by atoms with Gasteiger partial charge in [-0.05, 0) is 67.9 Å². The predicted octanol–water partition coefficient (Wildman–Crippen LogP) is 3.76. The number of ether oxygens (including phenoxy) is 1. The third kappa shape index (κ3) is 4.89. The first-order valence-electron chi connectivity index (χ1n) is 10.8. The van der Waals surface area contributed by atoms with E-state index in [2.05, 4.69) is 55.5 Å². The molecule has 1 unspecified atom stereocenters. The predicted molar refractivity (Wildman–Crippen MR) is 119 cm³/mol. The lowest BCUT2D eigenvalue weighted by molar-refractivity contribution is 0.0900. The summed E-state index contributed by atoms with van der Waals surface area (Å²) in [5, 5.41) is 0. The molecule has 0 N–H and O–H groups in total. The molecular formula is C24H31N5O. The molecule has 1 aromatic carbocycles. The number of aromatic nitrogens is 3. The van der Waals surface area contributed by atoms with E-state index in [1.54, 1.807) is 7.11 Å². The van der Waals surface area contributed by atoms with Crippen LogP contribution in [0.5, 0.6) is 5.75 Å². The van der Waals surface area contributed by atoms with E-state index in [1.165, 1.54) is 18.4 Å². The maximum absolute atomic E-state index is 5.28. The molecule has 6 heteroatoms. The van der Waals surface area contributed by atoms with E-state index in [0.717, 1.165) is 50.0 Å². The number of piperidine rings is 1. The molecular weight excluding hydrogens is 374 g/mol. The first-order chi connectivity index (χ1) is 14.8. The van der Waals surface area contributed by atoms with E-state index in [1.807, 2.05) is 36.9 Å². The number of imidazole rings is 1. The average molecular weight is 406 g/mol. The average Bonchev–Trinajstić information content (AvgIpc) is 3.26. The first kappa shape index (κ1) is 20.6. The molecule has 0 radical (unpaired) electrons. The summed E-state index contributed by atoms with van der Waals surface area (Å²) >= 11 is 0. The largest absolute Gasteiger partial charge is 0.497 e. The zero-order chi connectivity index (χ0) is 20.8. The summed E-state index contributed by atoms with van der Waals surface area (Å²) in [4.78, 5) is 13.9. The Balaban J connectivity index is 1.42. The van der Waals surface area contributed by atoms with Crippen molar-refractivity contribution in [3.63, 3.8) is 0 Å². The number of hydrogen-bond acceptors (Lipinski definition) is 5. The van der Waals surface area contributed by atoms with Crippen molar-refractivity contribution in [2.45, 2.75) is 38.9 Å². The smallest absolute Gasteiger partial charge is 0.127 e. The molecule has 158 valence electrons. The number of benzene rings is 1. The molecule has 2 aromatic heterocycles. The fraction of sp³-hybridized carbons (Fsp3) is 0.417. The molecule has 30 heavy (non-hydrogen) atoms. The Hall–Kier alpha value is -2.70. The van der Waals surface area contributed by atoms with Crippen molar-refractivity contribution in [1.82, 2.24) is 24.3 Å². The van der Waals surface area contributed by atoms with Crippen molar-refractivity contribution in [3.05, 3.63) is 72.6 Å². The summed E-state index contributed by atoms with van der Waals surface area (Å²) in [6.07, 6.45) is 10.2. The minimum absolute atomic E-state index is 0.571. The van der Waals surface area contributed by atoms with Gasteiger partial charge in [0.25, 0.3) is 0 Å². The summed E-state index contributed by atoms with van der Waals surface area (Å²) in [6.45, 7) is 7.37. The van der Waals surface area contributed by atoms with E-state index < -0.39 is 0 Å². The lowest BCUT2D eigenvalue weighted by Crippen LogP contribution is -2.47. The summed E-state index contributed by atoms with van der Waals surface area (Å²) in [5.41, 5.74) is 2.45. The van der Waals surface area contributed by atoms with Crippen LogP contribution in [0.25, 0.3) is 5.69 Å². The van der Waals surface area contributed by atoms with Gasteiger partial charge in [-0.15, -0.1) is 0 Å². The molecule has 0 saturated carbocycles. The summed E-state index contributed by atoms with van der Waals surface area (Å²) < 4.78 is 7.46. The minimum Gasteiger partial charge on any atom is -0.497 e. The molecule has 1 aliphatic rings. The lowest BCUT2D eigenvalue weighted by Gasteiger charge is -2.39. The SMILES string of the molecule is CCN(Cc1ccncc1)C1CCCN(Cc2nccn2-c2ccc(OC)cc2)C1. The van der Waals surface area contributed by atoms with Gasteiger partial charge in [0, 0.05) is 49.6 Å². The monoisotopic (exact) mass is 405 g/mol. The zero-order valence-corrected chi connectivity index (χ0v) is 17.9. The Morgan fingerprint density at radius 3 is 2.63 bits per heavy atom. The van der Waals surface area contributed by atoms with Crippen LogP contribution in [0.4, 0.5) is 0 Å². The van der Waals surface area contributed by atoms with Gasteiger partial charge in [-0.25, -0.2) is 4.98 Å². The third-order valence-electron chi connectivity index (χ3n) is 5.97. The standard InChI is InChI=1S/C24H31N5O/c1-3-28(17-20-10-12-25-13-11-20)22-5-4-15-27(18-22)19-24-26-14-16-29(24)21-6-8-23(30-2)9-7-21/h6-14,16,22H,3-5,15,17-19H2,1-2H3. The number of methoxy groups -OCH3 is 1. The number of likely N-dealkylation sites (tertiary alicyclic amines) is 1. The summed E-state index contributed by atoms with van der Waals surface area (Å²) in [7, 11) is 1.69. The molecule has 1 atom stereocenters. The minimum atomic E-state index is 0.571. The van der Waals surface area contributed by atoms with Crippen LogP contribution in [0.15, 0.2) is 61.2 Å². The Bertz CT molecular complexity index is 909. The number of hydrogen-bond donors (Lipinski definition) is 0. The first-order valence-corrected chi connectivity index (χ1v) is 10.8. The fourth-order valence-corrected chi connectivity index (χ4v) is 4.32. The van der Waals surface area contributed by atoms with E-state index in [9.17, 15) is 0 Å². The number of nitrogens with zero attached hydrogens (tertiary/aromatic N) is 5. The van der Waals surface area contributed by atoms with E-state index in [4.69, 9.17) is 4.74 Å². The van der Waals surface area contributed by atoms with Gasteiger partial charge in [0.1, 0.15) is 11.6 Å². The second-order valence-corrected chi connectivity index (χ2v) is 7.86. The van der Waals surface area contributed by atoms with Crippen LogP contribution in [-0.2, 0) is 13.1 Å². The van der Waals surface area contributed by atoms with Crippen LogP contribution < -0.4 is 4.74 Å². The van der Waals surface area contributed by atoms with Gasteiger partial charge in [0.15, 0.2) is 0 Å². The molecule has 0 amide bonds. The molecule has 6 nitrogen and oxygen atoms in total. The van der Waals surface area contributed by atoms with Gasteiger partial charge in [-0.3, -0.25) is 14.8 Å². The number of rotatable bonds is 8. The second-order valence-electron chi connectivity index (χ2n) is 7.86. The molecule has 1 saturated heterocycles. The highest BCUT2D eigenvalue weighted by atomic mass is 16.5. The van der Waals surface area contributed by atoms with E-state index in [-0.39, 0.29) is 0 Å². The highest BCUT2D eigenvalue weighted by Gasteiger charge is 2.25. The van der Waals surface area contributed by atoms with Crippen LogP contribution in [0.2, 0.25) is 0 Å². The van der Waals surface area contributed by atoms with E-state index >= 15 is 0 Å². The van der Waals surface area contributed by atoms with Crippen LogP contribution in [-0.4, -0.2) is 57.1 Å². The second kappa shape index (κ2) is 9.87.